The smallest absolute Gasteiger partial charge is 0.434 e. The molecule has 8 nitrogen and oxygen atoms in total. The SMILES string of the molecule is O=C(O)c1cc(OC2CCC2)c2cc(N3CC4C(/C=C/c5c(-c6cccnc6C(F)(F)F)noc5C5CC5)C4C3)ccc2n1. The van der Waals surface area contributed by atoms with E-state index in [2.05, 4.69) is 26.1 Å². The molecule has 2 atom stereocenters. The van der Waals surface area contributed by atoms with Gasteiger partial charge >= 0.3 is 12.1 Å². The second-order valence-electron chi connectivity index (χ2n) is 12.3. The molecular formula is C33H29F3N4O4. The number of allylic oxidation sites excluding steroid dienone is 1. The van der Waals surface area contributed by atoms with E-state index in [1.54, 1.807) is 0 Å². The summed E-state index contributed by atoms with van der Waals surface area (Å²) < 4.78 is 53.1. The number of carboxylic acids is 1. The summed E-state index contributed by atoms with van der Waals surface area (Å²) in [4.78, 5) is 21.9. The van der Waals surface area contributed by atoms with Gasteiger partial charge in [-0.25, -0.2) is 9.78 Å². The molecule has 0 radical (unpaired) electrons. The molecule has 8 rings (SSSR count). The first kappa shape index (κ1) is 27.2. The molecule has 11 heteroatoms. The lowest BCUT2D eigenvalue weighted by molar-refractivity contribution is -0.140. The van der Waals surface area contributed by atoms with Crippen LogP contribution in [0.15, 0.2) is 53.2 Å². The number of rotatable bonds is 8. The van der Waals surface area contributed by atoms with E-state index < -0.39 is 17.8 Å². The van der Waals surface area contributed by atoms with E-state index in [0.717, 1.165) is 62.5 Å². The Hall–Kier alpha value is -4.41. The van der Waals surface area contributed by atoms with Crippen molar-refractivity contribution in [1.29, 1.82) is 0 Å². The Labute approximate surface area is 250 Å². The van der Waals surface area contributed by atoms with Crippen LogP contribution in [0.2, 0.25) is 0 Å². The van der Waals surface area contributed by atoms with Crippen LogP contribution in [0.3, 0.4) is 0 Å². The third kappa shape index (κ3) is 4.78. The first-order valence-corrected chi connectivity index (χ1v) is 15.0. The van der Waals surface area contributed by atoms with Gasteiger partial charge in [-0.05, 0) is 80.2 Å². The van der Waals surface area contributed by atoms with Crippen LogP contribution in [0.4, 0.5) is 18.9 Å². The van der Waals surface area contributed by atoms with E-state index in [0.29, 0.717) is 40.3 Å². The van der Waals surface area contributed by atoms with Crippen LogP contribution in [0.1, 0.15) is 65.5 Å². The third-order valence-electron chi connectivity index (χ3n) is 9.47. The molecule has 3 aliphatic carbocycles. The molecule has 0 spiro atoms. The van der Waals surface area contributed by atoms with Crippen LogP contribution in [-0.2, 0) is 6.18 Å². The summed E-state index contributed by atoms with van der Waals surface area (Å²) in [5, 5.41) is 14.4. The van der Waals surface area contributed by atoms with Crippen molar-refractivity contribution in [3.8, 4) is 17.0 Å². The summed E-state index contributed by atoms with van der Waals surface area (Å²) in [5.41, 5.74) is 1.36. The zero-order chi connectivity index (χ0) is 30.2. The molecule has 4 fully saturated rings. The number of carboxylic acid groups (broad SMARTS) is 1. The normalized spacial score (nSPS) is 23.2. The molecule has 44 heavy (non-hydrogen) atoms. The highest BCUT2D eigenvalue weighted by Crippen LogP contribution is 2.54. The number of hydrogen-bond donors (Lipinski definition) is 1. The van der Waals surface area contributed by atoms with Crippen molar-refractivity contribution in [2.24, 2.45) is 17.8 Å². The summed E-state index contributed by atoms with van der Waals surface area (Å²) in [7, 11) is 0. The second kappa shape index (κ2) is 10.1. The van der Waals surface area contributed by atoms with Crippen LogP contribution in [-0.4, -0.2) is 45.4 Å². The maximum Gasteiger partial charge on any atom is 0.434 e. The van der Waals surface area contributed by atoms with Gasteiger partial charge in [0, 0.05) is 53.5 Å². The number of anilines is 1. The molecule has 4 aromatic rings. The number of hydrogen-bond acceptors (Lipinski definition) is 7. The zero-order valence-electron chi connectivity index (χ0n) is 23.6. The van der Waals surface area contributed by atoms with Crippen LogP contribution in [0.5, 0.6) is 5.75 Å². The van der Waals surface area contributed by atoms with Gasteiger partial charge in [0.15, 0.2) is 11.4 Å². The van der Waals surface area contributed by atoms with E-state index in [9.17, 15) is 23.1 Å². The molecule has 3 saturated carbocycles. The van der Waals surface area contributed by atoms with Crippen LogP contribution >= 0.6 is 0 Å². The van der Waals surface area contributed by atoms with Crippen molar-refractivity contribution in [3.63, 3.8) is 0 Å². The van der Waals surface area contributed by atoms with Crippen molar-refractivity contribution >= 4 is 28.6 Å². The van der Waals surface area contributed by atoms with E-state index in [1.807, 2.05) is 24.3 Å². The Balaban J connectivity index is 1.02. The second-order valence-corrected chi connectivity index (χ2v) is 12.3. The largest absolute Gasteiger partial charge is 0.490 e. The lowest BCUT2D eigenvalue weighted by atomic mass is 9.96. The van der Waals surface area contributed by atoms with Gasteiger partial charge in [0.25, 0.3) is 0 Å². The molecule has 1 aromatic carbocycles. The molecule has 2 unspecified atom stereocenters. The molecule has 0 amide bonds. The Kier molecular flexibility index (Phi) is 6.22. The van der Waals surface area contributed by atoms with Crippen molar-refractivity contribution in [1.82, 2.24) is 15.1 Å². The minimum atomic E-state index is -4.60. The third-order valence-corrected chi connectivity index (χ3v) is 9.47. The Bertz CT molecular complexity index is 1800. The van der Waals surface area contributed by atoms with Gasteiger partial charge in [-0.3, -0.25) is 4.98 Å². The first-order chi connectivity index (χ1) is 21.2. The molecule has 226 valence electrons. The van der Waals surface area contributed by atoms with Gasteiger partial charge < -0.3 is 19.3 Å². The maximum absolute atomic E-state index is 13.8. The average molecular weight is 603 g/mol. The molecule has 1 aliphatic heterocycles. The number of ether oxygens (including phenoxy) is 1. The fourth-order valence-electron chi connectivity index (χ4n) is 6.66. The molecule has 1 N–H and O–H groups in total. The van der Waals surface area contributed by atoms with Gasteiger partial charge in [0.2, 0.25) is 0 Å². The van der Waals surface area contributed by atoms with E-state index >= 15 is 0 Å². The summed E-state index contributed by atoms with van der Waals surface area (Å²) in [6.07, 6.45) is 5.55. The van der Waals surface area contributed by atoms with Gasteiger partial charge in [-0.2, -0.15) is 13.2 Å². The fraction of sp³-hybridized carbons (Fsp3) is 0.394. The van der Waals surface area contributed by atoms with Gasteiger partial charge in [-0.1, -0.05) is 17.3 Å². The predicted molar refractivity (Wildman–Crippen MR) is 155 cm³/mol. The Morgan fingerprint density at radius 1 is 1.09 bits per heavy atom. The number of halogens is 3. The minimum absolute atomic E-state index is 0.0319. The fourth-order valence-corrected chi connectivity index (χ4v) is 6.66. The quantitative estimate of drug-likeness (QED) is 0.226. The van der Waals surface area contributed by atoms with Crippen LogP contribution in [0, 0.1) is 17.8 Å². The summed E-state index contributed by atoms with van der Waals surface area (Å²) in [6.45, 7) is 1.69. The number of alkyl halides is 3. The highest BCUT2D eigenvalue weighted by atomic mass is 19.4. The average Bonchev–Trinajstić information content (AvgIpc) is 3.84. The Morgan fingerprint density at radius 2 is 1.89 bits per heavy atom. The molecule has 0 bridgehead atoms. The van der Waals surface area contributed by atoms with E-state index in [1.165, 1.54) is 18.2 Å². The monoisotopic (exact) mass is 602 g/mol. The van der Waals surface area contributed by atoms with E-state index in [4.69, 9.17) is 9.26 Å². The Morgan fingerprint density at radius 3 is 2.57 bits per heavy atom. The van der Waals surface area contributed by atoms with Crippen LogP contribution in [0.25, 0.3) is 28.2 Å². The maximum atomic E-state index is 13.8. The topological polar surface area (TPSA) is 102 Å². The molecular weight excluding hydrogens is 573 g/mol. The highest BCUT2D eigenvalue weighted by molar-refractivity contribution is 5.94. The summed E-state index contributed by atoms with van der Waals surface area (Å²) >= 11 is 0. The molecule has 4 heterocycles. The molecule has 4 aliphatic rings. The number of aromatic nitrogens is 3. The number of aromatic carboxylic acids is 1. The number of carbonyl (C=O) groups is 1. The van der Waals surface area contributed by atoms with Gasteiger partial charge in [0.1, 0.15) is 17.2 Å². The van der Waals surface area contributed by atoms with Crippen molar-refractivity contribution < 1.29 is 32.3 Å². The van der Waals surface area contributed by atoms with Crippen LogP contribution < -0.4 is 9.64 Å². The summed E-state index contributed by atoms with van der Waals surface area (Å²) in [5.74, 6) is 1.47. The number of nitrogens with zero attached hydrogens (tertiary/aromatic N) is 4. The number of fused-ring (bicyclic) bond motifs is 2. The first-order valence-electron chi connectivity index (χ1n) is 15.0. The number of benzene rings is 1. The zero-order valence-corrected chi connectivity index (χ0v) is 23.6. The number of pyridine rings is 2. The van der Waals surface area contributed by atoms with Crippen molar-refractivity contribution in [3.05, 3.63) is 71.4 Å². The predicted octanol–water partition coefficient (Wildman–Crippen LogP) is 7.21. The minimum Gasteiger partial charge on any atom is -0.490 e. The van der Waals surface area contributed by atoms with Gasteiger partial charge in [0.05, 0.1) is 11.6 Å². The summed E-state index contributed by atoms with van der Waals surface area (Å²) in [6, 6.07) is 10.3. The standard InChI is InChI=1S/C33H29F3N4O4/c34-33(35,36)31-22(5-2-12-37-31)29-21(30(44-39-29)17-6-7-17)10-9-20-24-15-40(16-25(20)24)18-8-11-26-23(13-18)28(43-19-3-1-4-19)14-27(38-26)32(41)42/h2,5,8-14,17,19-20,24-25H,1,3-4,6-7,15-16H2,(H,41,42)/b10-9+. The van der Waals surface area contributed by atoms with Crippen molar-refractivity contribution in [2.75, 3.05) is 18.0 Å². The molecule has 1 saturated heterocycles. The van der Waals surface area contributed by atoms with Crippen molar-refractivity contribution in [2.45, 2.75) is 50.3 Å². The van der Waals surface area contributed by atoms with Gasteiger partial charge in [-0.15, -0.1) is 0 Å². The number of piperidine rings is 1. The highest BCUT2D eigenvalue weighted by Gasteiger charge is 2.54. The lowest BCUT2D eigenvalue weighted by Crippen LogP contribution is -2.25. The molecule has 3 aromatic heterocycles. The van der Waals surface area contributed by atoms with E-state index in [-0.39, 0.29) is 29.0 Å². The lowest BCUT2D eigenvalue weighted by Gasteiger charge is -2.27.